The summed E-state index contributed by atoms with van der Waals surface area (Å²) in [5, 5.41) is 12.3. The van der Waals surface area contributed by atoms with E-state index in [0.29, 0.717) is 24.3 Å². The molecule has 13 heteroatoms. The third-order valence-electron chi connectivity index (χ3n) is 3.75. The van der Waals surface area contributed by atoms with Gasteiger partial charge >= 0.3 is 16.4 Å². The van der Waals surface area contributed by atoms with Crippen LogP contribution < -0.4 is 10.1 Å². The number of anilines is 1. The molecule has 0 bridgehead atoms. The fraction of sp³-hybridized carbons (Fsp3) is 0.235. The lowest BCUT2D eigenvalue weighted by Gasteiger charge is -2.40. The standard InChI is InChI=1S/C17H15F8NO3S/c1-16(28,15(27)26-12-4-2-11(3-5-12)17(18,19)20)10-29-13-6-8-14(9-7-13)30(21,22,23,24)25/h2-9,28H,10H2,1H3,(H,26,27). The number of carbonyl (C=O) groups is 1. The second-order valence-corrected chi connectivity index (χ2v) is 8.94. The third kappa shape index (κ3) is 6.23. The number of halogens is 8. The number of aliphatic hydroxyl groups is 1. The lowest BCUT2D eigenvalue weighted by Crippen LogP contribution is -2.45. The summed E-state index contributed by atoms with van der Waals surface area (Å²) in [6.45, 7) is 0.199. The highest BCUT2D eigenvalue weighted by Gasteiger charge is 2.65. The van der Waals surface area contributed by atoms with Crippen molar-refractivity contribution in [2.75, 3.05) is 11.9 Å². The van der Waals surface area contributed by atoms with Crippen molar-refractivity contribution in [1.29, 1.82) is 0 Å². The number of rotatable bonds is 6. The smallest absolute Gasteiger partial charge is 0.416 e. The minimum absolute atomic E-state index is 0.0616. The fourth-order valence-electron chi connectivity index (χ4n) is 2.09. The third-order valence-corrected chi connectivity index (χ3v) is 4.91. The molecular weight excluding hydrogens is 450 g/mol. The van der Waals surface area contributed by atoms with Gasteiger partial charge in [-0.05, 0) is 55.5 Å². The fourth-order valence-corrected chi connectivity index (χ4v) is 2.74. The first-order chi connectivity index (χ1) is 13.3. The molecule has 1 amide bonds. The van der Waals surface area contributed by atoms with E-state index in [9.17, 15) is 42.5 Å². The molecule has 168 valence electrons. The van der Waals surface area contributed by atoms with Crippen LogP contribution in [-0.2, 0) is 11.0 Å². The summed E-state index contributed by atoms with van der Waals surface area (Å²) in [5.41, 5.74) is -3.26. The van der Waals surface area contributed by atoms with E-state index >= 15 is 0 Å². The van der Waals surface area contributed by atoms with E-state index in [1.165, 1.54) is 0 Å². The first kappa shape index (κ1) is 23.7. The average molecular weight is 465 g/mol. The van der Waals surface area contributed by atoms with Gasteiger partial charge in [-0.15, -0.1) is 0 Å². The minimum Gasteiger partial charge on any atom is -0.490 e. The molecule has 0 radical (unpaired) electrons. The van der Waals surface area contributed by atoms with Gasteiger partial charge in [-0.1, -0.05) is 19.4 Å². The second-order valence-electron chi connectivity index (χ2n) is 6.53. The Bertz CT molecular complexity index is 924. The van der Waals surface area contributed by atoms with Crippen LogP contribution in [0, 0.1) is 0 Å². The Hall–Kier alpha value is -2.54. The van der Waals surface area contributed by atoms with Crippen molar-refractivity contribution < 1.29 is 47.2 Å². The second kappa shape index (κ2) is 6.74. The zero-order chi connectivity index (χ0) is 23.1. The topological polar surface area (TPSA) is 58.6 Å². The summed E-state index contributed by atoms with van der Waals surface area (Å²) in [6.07, 6.45) is -4.57. The number of nitrogens with one attached hydrogen (secondary N) is 1. The van der Waals surface area contributed by atoms with E-state index in [0.717, 1.165) is 19.1 Å². The highest BCUT2D eigenvalue weighted by Crippen LogP contribution is 3.02. The number of amides is 1. The van der Waals surface area contributed by atoms with Gasteiger partial charge in [0.2, 0.25) is 0 Å². The lowest BCUT2D eigenvalue weighted by molar-refractivity contribution is -0.137. The molecule has 0 saturated heterocycles. The van der Waals surface area contributed by atoms with Crippen LogP contribution in [0.25, 0.3) is 0 Å². The Morgan fingerprint density at radius 2 is 1.47 bits per heavy atom. The predicted molar refractivity (Wildman–Crippen MR) is 94.0 cm³/mol. The predicted octanol–water partition coefficient (Wildman–Crippen LogP) is 6.13. The van der Waals surface area contributed by atoms with Crippen LogP contribution in [0.3, 0.4) is 0 Å². The molecule has 0 spiro atoms. The molecular formula is C17H15F8NO3S. The van der Waals surface area contributed by atoms with Crippen molar-refractivity contribution in [1.82, 2.24) is 0 Å². The Labute approximate surface area is 165 Å². The number of hydrogen-bond acceptors (Lipinski definition) is 3. The van der Waals surface area contributed by atoms with Crippen molar-refractivity contribution in [2.24, 2.45) is 0 Å². The molecule has 2 aromatic carbocycles. The first-order valence-corrected chi connectivity index (χ1v) is 9.91. The Kier molecular flexibility index (Phi) is 5.33. The summed E-state index contributed by atoms with van der Waals surface area (Å²) < 4.78 is 106. The van der Waals surface area contributed by atoms with E-state index in [1.54, 1.807) is 0 Å². The van der Waals surface area contributed by atoms with Crippen LogP contribution in [-0.4, -0.2) is 23.2 Å². The van der Waals surface area contributed by atoms with Gasteiger partial charge < -0.3 is 15.2 Å². The number of alkyl halides is 3. The van der Waals surface area contributed by atoms with Gasteiger partial charge in [-0.2, -0.15) is 13.2 Å². The molecule has 0 saturated carbocycles. The Balaban J connectivity index is 2.02. The maximum absolute atomic E-state index is 12.7. The van der Waals surface area contributed by atoms with Crippen LogP contribution in [0.2, 0.25) is 0 Å². The minimum atomic E-state index is -9.84. The van der Waals surface area contributed by atoms with Gasteiger partial charge in [0.15, 0.2) is 5.60 Å². The Morgan fingerprint density at radius 3 is 1.90 bits per heavy atom. The highest BCUT2D eigenvalue weighted by atomic mass is 32.5. The zero-order valence-electron chi connectivity index (χ0n) is 15.0. The van der Waals surface area contributed by atoms with Crippen molar-refractivity contribution in [3.63, 3.8) is 0 Å². The van der Waals surface area contributed by atoms with E-state index < -0.39 is 45.0 Å². The van der Waals surface area contributed by atoms with Gasteiger partial charge in [-0.3, -0.25) is 4.79 Å². The molecule has 1 atom stereocenters. The molecule has 2 aromatic rings. The van der Waals surface area contributed by atoms with Crippen molar-refractivity contribution in [3.05, 3.63) is 54.1 Å². The molecule has 1 unspecified atom stereocenters. The molecule has 0 fully saturated rings. The Morgan fingerprint density at radius 1 is 0.967 bits per heavy atom. The van der Waals surface area contributed by atoms with E-state index in [4.69, 9.17) is 4.74 Å². The van der Waals surface area contributed by atoms with Crippen molar-refractivity contribution in [3.8, 4) is 5.75 Å². The largest absolute Gasteiger partial charge is 0.490 e. The number of benzene rings is 2. The van der Waals surface area contributed by atoms with Crippen LogP contribution in [0.15, 0.2) is 53.4 Å². The average Bonchev–Trinajstić information content (AvgIpc) is 2.58. The van der Waals surface area contributed by atoms with Gasteiger partial charge in [0.25, 0.3) is 5.91 Å². The normalized spacial score (nSPS) is 16.7. The van der Waals surface area contributed by atoms with Crippen molar-refractivity contribution in [2.45, 2.75) is 23.6 Å². The van der Waals surface area contributed by atoms with Crippen molar-refractivity contribution >= 4 is 21.8 Å². The highest BCUT2D eigenvalue weighted by molar-refractivity contribution is 8.45. The lowest BCUT2D eigenvalue weighted by atomic mass is 10.1. The van der Waals surface area contributed by atoms with Gasteiger partial charge in [-0.25, -0.2) is 0 Å². The summed E-state index contributed by atoms with van der Waals surface area (Å²) >= 11 is 0. The van der Waals surface area contributed by atoms with Crippen LogP contribution in [0.4, 0.5) is 38.3 Å². The maximum atomic E-state index is 12.7. The number of carbonyl (C=O) groups excluding carboxylic acids is 1. The molecule has 2 rings (SSSR count). The molecule has 0 aliphatic carbocycles. The van der Waals surface area contributed by atoms with Gasteiger partial charge in [0.1, 0.15) is 17.3 Å². The summed E-state index contributed by atoms with van der Waals surface area (Å²) in [4.78, 5) is 9.97. The van der Waals surface area contributed by atoms with Crippen LogP contribution in [0.5, 0.6) is 5.75 Å². The van der Waals surface area contributed by atoms with Crippen LogP contribution >= 0.6 is 10.2 Å². The monoisotopic (exact) mass is 465 g/mol. The SMILES string of the molecule is CC(O)(COc1ccc(S(F)(F)(F)(F)F)cc1)C(=O)Nc1ccc(C(F)(F)F)cc1. The summed E-state index contributed by atoms with van der Waals surface area (Å²) in [5.74, 6) is -1.41. The first-order valence-electron chi connectivity index (χ1n) is 7.96. The maximum Gasteiger partial charge on any atom is 0.416 e. The van der Waals surface area contributed by atoms with E-state index in [1.807, 2.05) is 0 Å². The summed E-state index contributed by atoms with van der Waals surface area (Å²) in [6, 6.07) is 4.73. The number of hydrogen-bond donors (Lipinski definition) is 2. The van der Waals surface area contributed by atoms with Gasteiger partial charge in [0, 0.05) is 5.69 Å². The van der Waals surface area contributed by atoms with Crippen LogP contribution in [0.1, 0.15) is 12.5 Å². The molecule has 2 N–H and O–H groups in total. The molecule has 0 aliphatic heterocycles. The number of ether oxygens (including phenoxy) is 1. The van der Waals surface area contributed by atoms with E-state index in [-0.39, 0.29) is 23.6 Å². The van der Waals surface area contributed by atoms with E-state index in [2.05, 4.69) is 5.32 Å². The molecule has 0 aliphatic rings. The van der Waals surface area contributed by atoms with Gasteiger partial charge in [0.05, 0.1) is 5.56 Å². The molecule has 4 nitrogen and oxygen atoms in total. The molecule has 30 heavy (non-hydrogen) atoms. The molecule has 0 heterocycles. The summed E-state index contributed by atoms with van der Waals surface area (Å²) in [7, 11) is -9.84. The zero-order valence-corrected chi connectivity index (χ0v) is 15.8. The quantitative estimate of drug-likeness (QED) is 0.505. The molecule has 0 aromatic heterocycles.